The summed E-state index contributed by atoms with van der Waals surface area (Å²) in [6.45, 7) is 4.94. The molecule has 0 atom stereocenters. The summed E-state index contributed by atoms with van der Waals surface area (Å²) in [5, 5.41) is 4.95. The van der Waals surface area contributed by atoms with Crippen LogP contribution < -0.4 is 20.3 Å². The molecular formula is C30H31N3O3S. The van der Waals surface area contributed by atoms with Crippen LogP contribution in [0.1, 0.15) is 22.3 Å². The van der Waals surface area contributed by atoms with Gasteiger partial charge in [0.05, 0.1) is 12.1 Å². The van der Waals surface area contributed by atoms with Gasteiger partial charge in [-0.3, -0.25) is 4.79 Å². The molecule has 0 fully saturated rings. The average Bonchev–Trinajstić information content (AvgIpc) is 2.90. The third-order valence-electron chi connectivity index (χ3n) is 6.52. The van der Waals surface area contributed by atoms with Crippen LogP contribution in [0.4, 0.5) is 0 Å². The average molecular weight is 514 g/mol. The summed E-state index contributed by atoms with van der Waals surface area (Å²) in [7, 11) is 0. The molecule has 0 radical (unpaired) electrons. The Labute approximate surface area is 222 Å². The lowest BCUT2D eigenvalue weighted by Gasteiger charge is -2.26. The number of rotatable bonds is 8. The van der Waals surface area contributed by atoms with E-state index in [1.54, 1.807) is 0 Å². The lowest BCUT2D eigenvalue weighted by molar-refractivity contribution is 0.172. The van der Waals surface area contributed by atoms with Gasteiger partial charge in [-0.2, -0.15) is 0 Å². The van der Waals surface area contributed by atoms with Crippen LogP contribution in [0.3, 0.4) is 0 Å². The normalized spacial score (nSPS) is 12.4. The number of fused-ring (bicyclic) bond motifs is 2. The van der Waals surface area contributed by atoms with E-state index in [1.807, 2.05) is 36.4 Å². The van der Waals surface area contributed by atoms with E-state index in [4.69, 9.17) is 21.7 Å². The molecule has 0 unspecified atom stereocenters. The molecule has 4 aromatic rings. The highest BCUT2D eigenvalue weighted by atomic mass is 32.1. The van der Waals surface area contributed by atoms with Gasteiger partial charge in [-0.25, -0.2) is 0 Å². The third kappa shape index (κ3) is 6.30. The molecule has 0 amide bonds. The maximum Gasteiger partial charge on any atom is 0.253 e. The lowest BCUT2D eigenvalue weighted by Crippen LogP contribution is -2.42. The van der Waals surface area contributed by atoms with Crippen LogP contribution in [-0.4, -0.2) is 41.3 Å². The van der Waals surface area contributed by atoms with Crippen LogP contribution >= 0.6 is 12.2 Å². The Bertz CT molecular complexity index is 1450. The van der Waals surface area contributed by atoms with Crippen molar-refractivity contribution in [3.63, 3.8) is 0 Å². The monoisotopic (exact) mass is 513 g/mol. The number of H-pyrrole nitrogens is 1. The molecule has 190 valence electrons. The first-order valence-electron chi connectivity index (χ1n) is 12.6. The van der Waals surface area contributed by atoms with Crippen LogP contribution in [0.25, 0.3) is 10.9 Å². The molecule has 1 aromatic heterocycles. The number of benzene rings is 3. The van der Waals surface area contributed by atoms with E-state index in [1.165, 1.54) is 16.7 Å². The van der Waals surface area contributed by atoms with Crippen molar-refractivity contribution < 1.29 is 9.47 Å². The maximum atomic E-state index is 13.1. The minimum absolute atomic E-state index is 0.128. The van der Waals surface area contributed by atoms with Crippen molar-refractivity contribution in [3.8, 4) is 11.5 Å². The zero-order chi connectivity index (χ0) is 25.6. The SMILES string of the molecule is Cc1cccc(CCN(Cc2cc3cc4c(cc3[nH]c2=O)OCCO4)C(=S)NCCc2ccccc2)c1. The van der Waals surface area contributed by atoms with Gasteiger partial charge in [0.2, 0.25) is 0 Å². The topological polar surface area (TPSA) is 66.6 Å². The van der Waals surface area contributed by atoms with E-state index in [0.717, 1.165) is 30.3 Å². The van der Waals surface area contributed by atoms with E-state index in [2.05, 4.69) is 58.5 Å². The number of pyridine rings is 1. The fourth-order valence-corrected chi connectivity index (χ4v) is 4.82. The van der Waals surface area contributed by atoms with E-state index in [0.29, 0.717) is 48.5 Å². The lowest BCUT2D eigenvalue weighted by atomic mass is 10.1. The molecule has 0 saturated heterocycles. The second-order valence-electron chi connectivity index (χ2n) is 9.33. The van der Waals surface area contributed by atoms with E-state index in [9.17, 15) is 4.79 Å². The zero-order valence-corrected chi connectivity index (χ0v) is 21.8. The molecule has 1 aliphatic heterocycles. The predicted molar refractivity (Wildman–Crippen MR) is 152 cm³/mol. The van der Waals surface area contributed by atoms with E-state index in [-0.39, 0.29) is 5.56 Å². The Hall–Kier alpha value is -3.84. The summed E-state index contributed by atoms with van der Waals surface area (Å²) in [4.78, 5) is 18.2. The Kier molecular flexibility index (Phi) is 7.70. The van der Waals surface area contributed by atoms with Crippen LogP contribution in [0, 0.1) is 6.92 Å². The van der Waals surface area contributed by atoms with Crippen LogP contribution in [-0.2, 0) is 19.4 Å². The van der Waals surface area contributed by atoms with Crippen molar-refractivity contribution in [1.29, 1.82) is 0 Å². The summed E-state index contributed by atoms with van der Waals surface area (Å²) in [6, 6.07) is 24.5. The molecule has 5 rings (SSSR count). The first kappa shape index (κ1) is 24.8. The predicted octanol–water partition coefficient (Wildman–Crippen LogP) is 4.77. The fourth-order valence-electron chi connectivity index (χ4n) is 4.57. The van der Waals surface area contributed by atoms with E-state index < -0.39 is 0 Å². The molecule has 7 heteroatoms. The highest BCUT2D eigenvalue weighted by molar-refractivity contribution is 7.80. The number of aromatic amines is 1. The van der Waals surface area contributed by atoms with Crippen molar-refractivity contribution in [2.24, 2.45) is 0 Å². The Balaban J connectivity index is 1.35. The number of ether oxygens (including phenoxy) is 2. The number of aromatic nitrogens is 1. The first-order valence-corrected chi connectivity index (χ1v) is 13.0. The minimum atomic E-state index is -0.128. The number of nitrogens with zero attached hydrogens (tertiary/aromatic N) is 1. The number of thiocarbonyl (C=S) groups is 1. The van der Waals surface area contributed by atoms with Crippen LogP contribution in [0.15, 0.2) is 77.6 Å². The maximum absolute atomic E-state index is 13.1. The van der Waals surface area contributed by atoms with Crippen LogP contribution in [0.2, 0.25) is 0 Å². The number of nitrogens with one attached hydrogen (secondary N) is 2. The van der Waals surface area contributed by atoms with Gasteiger partial charge in [0.15, 0.2) is 16.6 Å². The number of aryl methyl sites for hydroxylation is 1. The van der Waals surface area contributed by atoms with Gasteiger partial charge >= 0.3 is 0 Å². The summed E-state index contributed by atoms with van der Waals surface area (Å²) < 4.78 is 11.4. The molecule has 2 N–H and O–H groups in total. The van der Waals surface area contributed by atoms with Crippen molar-refractivity contribution in [2.45, 2.75) is 26.3 Å². The van der Waals surface area contributed by atoms with Gasteiger partial charge in [-0.15, -0.1) is 0 Å². The highest BCUT2D eigenvalue weighted by Crippen LogP contribution is 2.33. The molecule has 3 aromatic carbocycles. The van der Waals surface area contributed by atoms with Gasteiger partial charge in [-0.05, 0) is 55.2 Å². The van der Waals surface area contributed by atoms with E-state index >= 15 is 0 Å². The Morgan fingerprint density at radius 2 is 1.70 bits per heavy atom. The molecule has 37 heavy (non-hydrogen) atoms. The van der Waals surface area contributed by atoms with Gasteiger partial charge in [-0.1, -0.05) is 60.2 Å². The smallest absolute Gasteiger partial charge is 0.253 e. The van der Waals surface area contributed by atoms with Crippen molar-refractivity contribution in [1.82, 2.24) is 15.2 Å². The summed E-state index contributed by atoms with van der Waals surface area (Å²) in [6.07, 6.45) is 1.70. The summed E-state index contributed by atoms with van der Waals surface area (Å²) in [5.74, 6) is 1.36. The van der Waals surface area contributed by atoms with Gasteiger partial charge in [0.1, 0.15) is 13.2 Å². The molecule has 0 aliphatic carbocycles. The fraction of sp³-hybridized carbons (Fsp3) is 0.267. The first-order chi connectivity index (χ1) is 18.0. The van der Waals surface area contributed by atoms with Crippen LogP contribution in [0.5, 0.6) is 11.5 Å². The Morgan fingerprint density at radius 3 is 2.49 bits per heavy atom. The van der Waals surface area contributed by atoms with Gasteiger partial charge in [0.25, 0.3) is 5.56 Å². The zero-order valence-electron chi connectivity index (χ0n) is 21.0. The second-order valence-corrected chi connectivity index (χ2v) is 9.72. The Morgan fingerprint density at radius 1 is 0.946 bits per heavy atom. The minimum Gasteiger partial charge on any atom is -0.486 e. The molecule has 2 heterocycles. The standard InChI is InChI=1S/C30H31N3O3S/c1-21-6-5-9-23(16-21)11-13-33(30(37)31-12-10-22-7-3-2-4-8-22)20-25-17-24-18-27-28(36-15-14-35-27)19-26(24)32-29(25)34/h2-9,16-19H,10-15,20H2,1H3,(H,31,37)(H,32,34). The third-order valence-corrected chi connectivity index (χ3v) is 6.92. The van der Waals surface area contributed by atoms with Crippen molar-refractivity contribution in [2.75, 3.05) is 26.3 Å². The molecule has 0 bridgehead atoms. The molecular weight excluding hydrogens is 482 g/mol. The highest BCUT2D eigenvalue weighted by Gasteiger charge is 2.17. The molecule has 1 aliphatic rings. The molecule has 6 nitrogen and oxygen atoms in total. The summed E-state index contributed by atoms with van der Waals surface area (Å²) in [5.41, 5.74) is 4.98. The second kappa shape index (κ2) is 11.5. The van der Waals surface area contributed by atoms with Gasteiger partial charge < -0.3 is 24.7 Å². The van der Waals surface area contributed by atoms with Gasteiger partial charge in [0, 0.05) is 30.1 Å². The number of hydrogen-bond acceptors (Lipinski definition) is 4. The quantitative estimate of drug-likeness (QED) is 0.331. The van der Waals surface area contributed by atoms with Crippen molar-refractivity contribution >= 4 is 28.2 Å². The molecule has 0 saturated carbocycles. The number of hydrogen-bond donors (Lipinski definition) is 2. The summed E-state index contributed by atoms with van der Waals surface area (Å²) >= 11 is 5.82. The van der Waals surface area contributed by atoms with Crippen molar-refractivity contribution in [3.05, 3.63) is 105 Å². The molecule has 0 spiro atoms. The largest absolute Gasteiger partial charge is 0.486 e.